The minimum absolute atomic E-state index is 0.0111. The van der Waals surface area contributed by atoms with Gasteiger partial charge < -0.3 is 38.5 Å². The summed E-state index contributed by atoms with van der Waals surface area (Å²) < 4.78 is 50.7. The number of hydrogen-bond acceptors (Lipinski definition) is 11. The molecule has 0 aliphatic carbocycles. The number of aliphatic carboxylic acids is 1. The van der Waals surface area contributed by atoms with Gasteiger partial charge in [-0.1, -0.05) is 12.1 Å². The first-order valence-corrected chi connectivity index (χ1v) is 11.2. The van der Waals surface area contributed by atoms with Crippen molar-refractivity contribution in [3.8, 4) is 22.6 Å². The molecule has 13 nitrogen and oxygen atoms in total. The quantitative estimate of drug-likeness (QED) is 0.275. The molecule has 2 aromatic carbocycles. The average Bonchev–Trinajstić information content (AvgIpc) is 2.79. The Morgan fingerprint density at radius 1 is 0.943 bits per heavy atom. The average molecular weight is 510 g/mol. The van der Waals surface area contributed by atoms with Crippen molar-refractivity contribution in [3.05, 3.63) is 59.0 Å². The van der Waals surface area contributed by atoms with E-state index in [-0.39, 0.29) is 28.0 Å². The van der Waals surface area contributed by atoms with E-state index in [4.69, 9.17) is 23.6 Å². The van der Waals surface area contributed by atoms with Crippen LogP contribution in [0.2, 0.25) is 0 Å². The first kappa shape index (κ1) is 24.6. The van der Waals surface area contributed by atoms with Crippen molar-refractivity contribution in [3.63, 3.8) is 0 Å². The van der Waals surface area contributed by atoms with Crippen LogP contribution in [-0.4, -0.2) is 70.1 Å². The highest BCUT2D eigenvalue weighted by atomic mass is 32.3. The van der Waals surface area contributed by atoms with Gasteiger partial charge in [-0.3, -0.25) is 9.35 Å². The number of fused-ring (bicyclic) bond motifs is 1. The number of aliphatic hydroxyl groups excluding tert-OH is 3. The molecule has 1 aromatic heterocycles. The lowest BCUT2D eigenvalue weighted by molar-refractivity contribution is -0.271. The molecule has 1 fully saturated rings. The second kappa shape index (κ2) is 9.26. The number of carbonyl (C=O) groups is 1. The number of carboxylic acid groups (broad SMARTS) is 1. The summed E-state index contributed by atoms with van der Waals surface area (Å²) in [5.41, 5.74) is 0.101. The minimum atomic E-state index is -4.75. The van der Waals surface area contributed by atoms with Crippen molar-refractivity contribution >= 4 is 27.3 Å². The Hall–Kier alpha value is -3.53. The molecule has 1 aliphatic heterocycles. The Morgan fingerprint density at radius 2 is 1.60 bits per heavy atom. The lowest BCUT2D eigenvalue weighted by atomic mass is 9.99. The zero-order valence-electron chi connectivity index (χ0n) is 17.4. The van der Waals surface area contributed by atoms with E-state index in [0.29, 0.717) is 5.56 Å². The van der Waals surface area contributed by atoms with Gasteiger partial charge in [0, 0.05) is 6.07 Å². The molecule has 0 saturated carbocycles. The van der Waals surface area contributed by atoms with E-state index in [0.717, 1.165) is 12.3 Å². The van der Waals surface area contributed by atoms with Gasteiger partial charge in [0.2, 0.25) is 6.29 Å². The molecule has 0 bridgehead atoms. The fraction of sp³-hybridized carbons (Fsp3) is 0.238. The predicted octanol–water partition coefficient (Wildman–Crippen LogP) is -0.0874. The van der Waals surface area contributed by atoms with Gasteiger partial charge >= 0.3 is 16.4 Å². The molecule has 0 radical (unpaired) electrons. The van der Waals surface area contributed by atoms with Crippen LogP contribution in [0.3, 0.4) is 0 Å². The van der Waals surface area contributed by atoms with E-state index >= 15 is 0 Å². The van der Waals surface area contributed by atoms with Crippen molar-refractivity contribution in [1.82, 2.24) is 0 Å². The van der Waals surface area contributed by atoms with E-state index in [1.807, 2.05) is 0 Å². The highest BCUT2D eigenvalue weighted by molar-refractivity contribution is 7.81. The van der Waals surface area contributed by atoms with Gasteiger partial charge in [0.05, 0.1) is 10.9 Å². The van der Waals surface area contributed by atoms with Crippen LogP contribution in [-0.2, 0) is 19.9 Å². The number of carboxylic acids is 1. The molecule has 5 atom stereocenters. The van der Waals surface area contributed by atoms with E-state index in [1.54, 1.807) is 0 Å². The summed E-state index contributed by atoms with van der Waals surface area (Å²) in [5, 5.41) is 38.9. The zero-order chi connectivity index (χ0) is 25.5. The Morgan fingerprint density at radius 3 is 2.23 bits per heavy atom. The lowest BCUT2D eigenvalue weighted by Gasteiger charge is -2.38. The van der Waals surface area contributed by atoms with Gasteiger partial charge in [0.1, 0.15) is 41.7 Å². The molecule has 0 amide bonds. The fourth-order valence-corrected chi connectivity index (χ4v) is 3.82. The molecule has 3 aromatic rings. The van der Waals surface area contributed by atoms with Crippen LogP contribution in [0.1, 0.15) is 0 Å². The third-order valence-corrected chi connectivity index (χ3v) is 5.58. The molecule has 35 heavy (non-hydrogen) atoms. The topological polar surface area (TPSA) is 210 Å². The fourth-order valence-electron chi connectivity index (χ4n) is 3.48. The first-order valence-electron chi connectivity index (χ1n) is 9.86. The smallest absolute Gasteiger partial charge is 0.446 e. The van der Waals surface area contributed by atoms with Gasteiger partial charge in [-0.15, -0.1) is 0 Å². The van der Waals surface area contributed by atoms with Gasteiger partial charge in [-0.05, 0) is 29.8 Å². The summed E-state index contributed by atoms with van der Waals surface area (Å²) in [5.74, 6) is -1.71. The number of ether oxygens (including phenoxy) is 2. The molecule has 0 unspecified atom stereocenters. The van der Waals surface area contributed by atoms with Gasteiger partial charge in [-0.2, -0.15) is 8.42 Å². The summed E-state index contributed by atoms with van der Waals surface area (Å²) >= 11 is 0. The van der Waals surface area contributed by atoms with Crippen molar-refractivity contribution in [2.24, 2.45) is 0 Å². The molecule has 5 N–H and O–H groups in total. The van der Waals surface area contributed by atoms with Crippen LogP contribution in [0, 0.1) is 0 Å². The third kappa shape index (κ3) is 5.12. The number of aliphatic hydroxyl groups is 3. The molecule has 1 saturated heterocycles. The van der Waals surface area contributed by atoms with Crippen LogP contribution < -0.4 is 14.3 Å². The monoisotopic (exact) mass is 510 g/mol. The van der Waals surface area contributed by atoms with E-state index in [1.165, 1.54) is 36.4 Å². The molecular formula is C21H18O13S. The molecule has 1 aliphatic rings. The molecular weight excluding hydrogens is 492 g/mol. The largest absolute Gasteiger partial charge is 0.479 e. The molecule has 2 heterocycles. The van der Waals surface area contributed by atoms with E-state index < -0.39 is 52.5 Å². The molecule has 4 rings (SSSR count). The van der Waals surface area contributed by atoms with Crippen LogP contribution in [0.5, 0.6) is 11.5 Å². The second-order valence-corrected chi connectivity index (χ2v) is 8.55. The van der Waals surface area contributed by atoms with Gasteiger partial charge in [-0.25, -0.2) is 4.79 Å². The van der Waals surface area contributed by atoms with E-state index in [2.05, 4.69) is 4.18 Å². The number of hydrogen-bond donors (Lipinski definition) is 5. The van der Waals surface area contributed by atoms with Gasteiger partial charge in [0.25, 0.3) is 0 Å². The van der Waals surface area contributed by atoms with Crippen LogP contribution in [0.25, 0.3) is 22.1 Å². The number of benzene rings is 2. The highest BCUT2D eigenvalue weighted by Crippen LogP contribution is 2.28. The maximum atomic E-state index is 12.9. The SMILES string of the molecule is O=C(O)[C@H]1O[C@@H](Oc2ccc(-c3coc4cc(OS(=O)(=O)O)ccc4c3=O)cc2)[C@H](O)[C@@H](O)[C@@H]1O. The summed E-state index contributed by atoms with van der Waals surface area (Å²) in [6.45, 7) is 0. The van der Waals surface area contributed by atoms with Crippen molar-refractivity contribution in [2.45, 2.75) is 30.7 Å². The highest BCUT2D eigenvalue weighted by Gasteiger charge is 2.48. The van der Waals surface area contributed by atoms with Crippen LogP contribution in [0.15, 0.2) is 57.9 Å². The summed E-state index contributed by atoms with van der Waals surface area (Å²) in [4.78, 5) is 24.1. The Labute approximate surface area is 196 Å². The standard InChI is InChI=1S/C21H18O13S/c22-15-12-6-5-11(34-35(28,29)30)7-14(12)31-8-13(15)9-1-3-10(4-2-9)32-21-18(25)16(23)17(24)19(33-21)20(26)27/h1-8,16-19,21,23-25H,(H,26,27)(H,28,29,30)/t16-,17-,18+,19-,21+/m0/s1. The normalized spacial score (nSPS) is 24.7. The summed E-state index contributed by atoms with van der Waals surface area (Å²) in [6, 6.07) is 9.28. The predicted molar refractivity (Wildman–Crippen MR) is 115 cm³/mol. The van der Waals surface area contributed by atoms with Crippen LogP contribution in [0.4, 0.5) is 0 Å². The van der Waals surface area contributed by atoms with Crippen molar-refractivity contribution < 1.29 is 56.3 Å². The third-order valence-electron chi connectivity index (χ3n) is 5.18. The number of rotatable bonds is 6. The minimum Gasteiger partial charge on any atom is -0.479 e. The maximum Gasteiger partial charge on any atom is 0.446 e. The van der Waals surface area contributed by atoms with Crippen molar-refractivity contribution in [1.29, 1.82) is 0 Å². The first-order chi connectivity index (χ1) is 16.4. The van der Waals surface area contributed by atoms with Gasteiger partial charge in [0.15, 0.2) is 11.5 Å². The summed E-state index contributed by atoms with van der Waals surface area (Å²) in [7, 11) is -4.75. The Kier molecular flexibility index (Phi) is 6.50. The summed E-state index contributed by atoms with van der Waals surface area (Å²) in [6.07, 6.45) is -7.68. The van der Waals surface area contributed by atoms with Crippen LogP contribution >= 0.6 is 0 Å². The Bertz CT molecular complexity index is 1410. The van der Waals surface area contributed by atoms with Crippen molar-refractivity contribution in [2.75, 3.05) is 0 Å². The Balaban J connectivity index is 1.56. The molecule has 0 spiro atoms. The molecule has 14 heteroatoms. The zero-order valence-corrected chi connectivity index (χ0v) is 18.2. The molecule has 186 valence electrons. The second-order valence-electron chi connectivity index (χ2n) is 7.52. The van der Waals surface area contributed by atoms with E-state index in [9.17, 15) is 33.3 Å². The maximum absolute atomic E-state index is 12.9. The lowest BCUT2D eigenvalue weighted by Crippen LogP contribution is -2.61.